The molecule has 0 bridgehead atoms. The van der Waals surface area contributed by atoms with Gasteiger partial charge in [-0.05, 0) is 73.5 Å². The monoisotopic (exact) mass is 458 g/mol. The summed E-state index contributed by atoms with van der Waals surface area (Å²) >= 11 is 0. The summed E-state index contributed by atoms with van der Waals surface area (Å²) < 4.78 is 9.79. The zero-order valence-electron chi connectivity index (χ0n) is 18.9. The molecule has 1 aliphatic heterocycles. The number of anilines is 2. The van der Waals surface area contributed by atoms with Gasteiger partial charge in [-0.3, -0.25) is 14.4 Å². The maximum Gasteiger partial charge on any atom is 0.343 e. The van der Waals surface area contributed by atoms with E-state index in [0.29, 0.717) is 17.1 Å². The van der Waals surface area contributed by atoms with Crippen molar-refractivity contribution in [1.29, 1.82) is 0 Å². The number of nitrogens with zero attached hydrogens (tertiary/aromatic N) is 1. The van der Waals surface area contributed by atoms with E-state index in [2.05, 4.69) is 10.1 Å². The Morgan fingerprint density at radius 1 is 0.882 bits per heavy atom. The third-order valence-corrected chi connectivity index (χ3v) is 5.45. The third kappa shape index (κ3) is 4.38. The Morgan fingerprint density at radius 3 is 2.29 bits per heavy atom. The molecule has 8 heteroatoms. The molecule has 0 saturated carbocycles. The SMILES string of the molecule is COC(=O)COc1ccc(NC(=O)c2ccc3c(c2)C(=O)N(c2cc(C)ccc2C)C3=O)cc1. The zero-order valence-corrected chi connectivity index (χ0v) is 18.9. The predicted octanol–water partition coefficient (Wildman–Crippen LogP) is 3.91. The Bertz CT molecular complexity index is 1310. The molecule has 0 fully saturated rings. The summed E-state index contributed by atoms with van der Waals surface area (Å²) in [4.78, 5) is 51.1. The molecule has 0 aromatic heterocycles. The van der Waals surface area contributed by atoms with E-state index in [4.69, 9.17) is 4.74 Å². The first kappa shape index (κ1) is 22.7. The van der Waals surface area contributed by atoms with Crippen molar-refractivity contribution >= 4 is 35.1 Å². The number of esters is 1. The zero-order chi connectivity index (χ0) is 24.4. The first-order valence-corrected chi connectivity index (χ1v) is 10.5. The highest BCUT2D eigenvalue weighted by Gasteiger charge is 2.37. The van der Waals surface area contributed by atoms with Gasteiger partial charge in [-0.2, -0.15) is 0 Å². The molecule has 3 aromatic carbocycles. The Kier molecular flexibility index (Phi) is 6.14. The van der Waals surface area contributed by atoms with E-state index < -0.39 is 23.7 Å². The standard InChI is InChI=1S/C26H22N2O6/c1-15-4-5-16(2)22(12-15)28-25(31)20-11-6-17(13-21(20)26(28)32)24(30)27-18-7-9-19(10-8-18)34-14-23(29)33-3/h4-13H,14H2,1-3H3,(H,27,30). The third-order valence-electron chi connectivity index (χ3n) is 5.45. The van der Waals surface area contributed by atoms with Gasteiger partial charge < -0.3 is 14.8 Å². The van der Waals surface area contributed by atoms with Crippen LogP contribution in [0.5, 0.6) is 5.75 Å². The van der Waals surface area contributed by atoms with Gasteiger partial charge in [0.2, 0.25) is 0 Å². The van der Waals surface area contributed by atoms with E-state index >= 15 is 0 Å². The smallest absolute Gasteiger partial charge is 0.343 e. The second kappa shape index (κ2) is 9.19. The quantitative estimate of drug-likeness (QED) is 0.444. The number of benzene rings is 3. The van der Waals surface area contributed by atoms with Crippen molar-refractivity contribution in [3.63, 3.8) is 0 Å². The molecule has 172 valence electrons. The largest absolute Gasteiger partial charge is 0.482 e. The number of amides is 3. The topological polar surface area (TPSA) is 102 Å². The van der Waals surface area contributed by atoms with Crippen molar-refractivity contribution in [2.75, 3.05) is 23.9 Å². The summed E-state index contributed by atoms with van der Waals surface area (Å²) in [5.74, 6) is -1.37. The average Bonchev–Trinajstić information content (AvgIpc) is 3.09. The highest BCUT2D eigenvalue weighted by atomic mass is 16.6. The molecule has 0 radical (unpaired) electrons. The number of aryl methyl sites for hydroxylation is 2. The lowest BCUT2D eigenvalue weighted by molar-refractivity contribution is -0.142. The fraction of sp³-hybridized carbons (Fsp3) is 0.154. The molecule has 3 amide bonds. The van der Waals surface area contributed by atoms with Crippen LogP contribution < -0.4 is 15.0 Å². The van der Waals surface area contributed by atoms with Crippen molar-refractivity contribution in [3.05, 3.63) is 88.5 Å². The Labute approximate surface area is 196 Å². The van der Waals surface area contributed by atoms with Gasteiger partial charge in [0.1, 0.15) is 5.75 Å². The molecular weight excluding hydrogens is 436 g/mol. The average molecular weight is 458 g/mol. The summed E-state index contributed by atoms with van der Waals surface area (Å²) in [5, 5.41) is 2.74. The lowest BCUT2D eigenvalue weighted by atomic mass is 10.1. The number of nitrogens with one attached hydrogen (secondary N) is 1. The molecule has 0 atom stereocenters. The lowest BCUT2D eigenvalue weighted by Crippen LogP contribution is -2.30. The molecule has 0 unspecified atom stereocenters. The first-order valence-electron chi connectivity index (χ1n) is 10.5. The van der Waals surface area contributed by atoms with Crippen molar-refractivity contribution in [2.24, 2.45) is 0 Å². The number of fused-ring (bicyclic) bond motifs is 1. The van der Waals surface area contributed by atoms with Crippen LogP contribution >= 0.6 is 0 Å². The minimum Gasteiger partial charge on any atom is -0.482 e. The van der Waals surface area contributed by atoms with E-state index in [9.17, 15) is 19.2 Å². The van der Waals surface area contributed by atoms with Gasteiger partial charge in [-0.1, -0.05) is 12.1 Å². The van der Waals surface area contributed by atoms with E-state index in [1.807, 2.05) is 26.0 Å². The van der Waals surface area contributed by atoms with Crippen LogP contribution in [0.2, 0.25) is 0 Å². The number of methoxy groups -OCH3 is 1. The fourth-order valence-electron chi connectivity index (χ4n) is 3.60. The molecule has 8 nitrogen and oxygen atoms in total. The number of carbonyl (C=O) groups is 4. The van der Waals surface area contributed by atoms with Gasteiger partial charge >= 0.3 is 5.97 Å². The van der Waals surface area contributed by atoms with Gasteiger partial charge in [-0.25, -0.2) is 9.69 Å². The van der Waals surface area contributed by atoms with Gasteiger partial charge in [0.15, 0.2) is 6.61 Å². The molecule has 0 spiro atoms. The number of imide groups is 1. The second-order valence-corrected chi connectivity index (χ2v) is 7.84. The number of hydrogen-bond acceptors (Lipinski definition) is 6. The second-order valence-electron chi connectivity index (χ2n) is 7.84. The van der Waals surface area contributed by atoms with Gasteiger partial charge in [0.25, 0.3) is 17.7 Å². The summed E-state index contributed by atoms with van der Waals surface area (Å²) in [7, 11) is 1.27. The van der Waals surface area contributed by atoms with Crippen molar-refractivity contribution in [2.45, 2.75) is 13.8 Å². The summed E-state index contributed by atoms with van der Waals surface area (Å²) in [6.07, 6.45) is 0. The molecular formula is C26H22N2O6. The van der Waals surface area contributed by atoms with Crippen molar-refractivity contribution in [1.82, 2.24) is 0 Å². The minimum atomic E-state index is -0.502. The molecule has 34 heavy (non-hydrogen) atoms. The summed E-state index contributed by atoms with van der Waals surface area (Å²) in [5.41, 5.74) is 3.45. The number of hydrogen-bond donors (Lipinski definition) is 1. The maximum atomic E-state index is 13.1. The van der Waals surface area contributed by atoms with Crippen LogP contribution in [0.3, 0.4) is 0 Å². The summed E-state index contributed by atoms with van der Waals surface area (Å²) in [6, 6.07) is 16.5. The Hall–Kier alpha value is -4.46. The van der Waals surface area contributed by atoms with Crippen LogP contribution in [0.1, 0.15) is 42.2 Å². The van der Waals surface area contributed by atoms with Crippen LogP contribution in [0, 0.1) is 13.8 Å². The molecule has 1 aliphatic rings. The van der Waals surface area contributed by atoms with Crippen LogP contribution in [0.15, 0.2) is 60.7 Å². The van der Waals surface area contributed by atoms with E-state index in [0.717, 1.165) is 16.0 Å². The Morgan fingerprint density at radius 2 is 1.59 bits per heavy atom. The highest BCUT2D eigenvalue weighted by Crippen LogP contribution is 2.32. The summed E-state index contributed by atoms with van der Waals surface area (Å²) in [6.45, 7) is 3.51. The molecule has 3 aromatic rings. The normalized spacial score (nSPS) is 12.4. The molecule has 1 N–H and O–H groups in total. The van der Waals surface area contributed by atoms with E-state index in [-0.39, 0.29) is 23.3 Å². The first-order chi connectivity index (χ1) is 16.3. The fourth-order valence-corrected chi connectivity index (χ4v) is 3.60. The number of carbonyl (C=O) groups excluding carboxylic acids is 4. The van der Waals surface area contributed by atoms with Crippen molar-refractivity contribution < 1.29 is 28.7 Å². The van der Waals surface area contributed by atoms with E-state index in [1.165, 1.54) is 25.3 Å². The molecule has 0 aliphatic carbocycles. The van der Waals surface area contributed by atoms with E-state index in [1.54, 1.807) is 30.3 Å². The van der Waals surface area contributed by atoms with Crippen LogP contribution in [-0.4, -0.2) is 37.4 Å². The molecule has 4 rings (SSSR count). The van der Waals surface area contributed by atoms with Gasteiger partial charge in [-0.15, -0.1) is 0 Å². The van der Waals surface area contributed by atoms with Crippen molar-refractivity contribution in [3.8, 4) is 5.75 Å². The lowest BCUT2D eigenvalue weighted by Gasteiger charge is -2.17. The molecule has 1 heterocycles. The minimum absolute atomic E-state index is 0.185. The van der Waals surface area contributed by atoms with Crippen LogP contribution in [-0.2, 0) is 9.53 Å². The highest BCUT2D eigenvalue weighted by molar-refractivity contribution is 6.35. The van der Waals surface area contributed by atoms with Gasteiger partial charge in [0.05, 0.1) is 23.9 Å². The predicted molar refractivity (Wildman–Crippen MR) is 125 cm³/mol. The van der Waals surface area contributed by atoms with Gasteiger partial charge in [0, 0.05) is 11.3 Å². The molecule has 0 saturated heterocycles. The number of ether oxygens (including phenoxy) is 2. The number of rotatable bonds is 6. The maximum absolute atomic E-state index is 13.1. The van der Waals surface area contributed by atoms with Crippen LogP contribution in [0.4, 0.5) is 11.4 Å². The Balaban J connectivity index is 1.51. The van der Waals surface area contributed by atoms with Crippen LogP contribution in [0.25, 0.3) is 0 Å².